The molecule has 0 radical (unpaired) electrons. The lowest BCUT2D eigenvalue weighted by Gasteiger charge is -2.22. The van der Waals surface area contributed by atoms with Crippen LogP contribution in [0.4, 0.5) is 5.82 Å². The van der Waals surface area contributed by atoms with Crippen LogP contribution < -0.4 is 15.4 Å². The predicted molar refractivity (Wildman–Crippen MR) is 67.3 cm³/mol. The minimum absolute atomic E-state index is 0.467. The molecule has 1 aromatic heterocycles. The van der Waals surface area contributed by atoms with Gasteiger partial charge < -0.3 is 15.4 Å². The summed E-state index contributed by atoms with van der Waals surface area (Å²) < 4.78 is 5.63. The third kappa shape index (κ3) is 3.85. The number of piperidine rings is 1. The van der Waals surface area contributed by atoms with Crippen LogP contribution in [-0.2, 0) is 0 Å². The molecule has 2 heterocycles. The van der Waals surface area contributed by atoms with Gasteiger partial charge in [-0.05, 0) is 32.4 Å². The van der Waals surface area contributed by atoms with Gasteiger partial charge in [-0.15, -0.1) is 0 Å². The van der Waals surface area contributed by atoms with Gasteiger partial charge in [0.1, 0.15) is 5.82 Å². The van der Waals surface area contributed by atoms with Crippen molar-refractivity contribution < 1.29 is 4.74 Å². The van der Waals surface area contributed by atoms with Gasteiger partial charge in [-0.1, -0.05) is 0 Å². The van der Waals surface area contributed by atoms with E-state index in [9.17, 15) is 0 Å². The summed E-state index contributed by atoms with van der Waals surface area (Å²) in [6.45, 7) is 5.75. The molecule has 0 unspecified atom stereocenters. The lowest BCUT2D eigenvalue weighted by molar-refractivity contribution is 0.205. The van der Waals surface area contributed by atoms with Crippen LogP contribution in [0.5, 0.6) is 6.01 Å². The topological polar surface area (TPSA) is 59.1 Å². The number of ether oxygens (including phenoxy) is 1. The van der Waals surface area contributed by atoms with Crippen molar-refractivity contribution in [2.75, 3.05) is 31.6 Å². The summed E-state index contributed by atoms with van der Waals surface area (Å²) in [7, 11) is 0. The van der Waals surface area contributed by atoms with Crippen molar-refractivity contribution in [3.8, 4) is 6.01 Å². The molecule has 0 aromatic carbocycles. The fourth-order valence-corrected chi connectivity index (χ4v) is 1.95. The van der Waals surface area contributed by atoms with E-state index in [0.717, 1.165) is 25.5 Å². The number of hydrogen-bond donors (Lipinski definition) is 2. The summed E-state index contributed by atoms with van der Waals surface area (Å²) in [6, 6.07) is 2.31. The van der Waals surface area contributed by atoms with Crippen LogP contribution in [-0.4, -0.2) is 36.2 Å². The SMILES string of the molecule is CCNc1ccnc(OC[C@@H]2CCCNC2)n1. The van der Waals surface area contributed by atoms with E-state index in [4.69, 9.17) is 4.74 Å². The second kappa shape index (κ2) is 6.39. The highest BCUT2D eigenvalue weighted by atomic mass is 16.5. The highest BCUT2D eigenvalue weighted by molar-refractivity contribution is 5.33. The van der Waals surface area contributed by atoms with E-state index in [2.05, 4.69) is 20.6 Å². The van der Waals surface area contributed by atoms with Crippen molar-refractivity contribution in [3.05, 3.63) is 12.3 Å². The Hall–Kier alpha value is -1.36. The van der Waals surface area contributed by atoms with Crippen LogP contribution in [0.1, 0.15) is 19.8 Å². The number of hydrogen-bond acceptors (Lipinski definition) is 5. The molecule has 2 rings (SSSR count). The van der Waals surface area contributed by atoms with Crippen molar-refractivity contribution in [1.29, 1.82) is 0 Å². The van der Waals surface area contributed by atoms with Crippen LogP contribution in [0.3, 0.4) is 0 Å². The molecule has 94 valence electrons. The molecule has 1 fully saturated rings. The highest BCUT2D eigenvalue weighted by Crippen LogP contribution is 2.13. The minimum Gasteiger partial charge on any atom is -0.463 e. The van der Waals surface area contributed by atoms with E-state index in [0.29, 0.717) is 18.5 Å². The molecule has 0 aliphatic carbocycles. The van der Waals surface area contributed by atoms with Crippen LogP contribution in [0, 0.1) is 5.92 Å². The smallest absolute Gasteiger partial charge is 0.318 e. The lowest BCUT2D eigenvalue weighted by Crippen LogP contribution is -2.33. The molecule has 5 heteroatoms. The molecule has 17 heavy (non-hydrogen) atoms. The standard InChI is InChI=1S/C12H20N4O/c1-2-14-11-5-7-15-12(16-11)17-9-10-4-3-6-13-8-10/h5,7,10,13H,2-4,6,8-9H2,1H3,(H,14,15,16)/t10-/m1/s1. The Morgan fingerprint density at radius 1 is 1.59 bits per heavy atom. The molecule has 5 nitrogen and oxygen atoms in total. The van der Waals surface area contributed by atoms with Gasteiger partial charge in [0.05, 0.1) is 6.61 Å². The van der Waals surface area contributed by atoms with Gasteiger partial charge in [-0.2, -0.15) is 4.98 Å². The zero-order chi connectivity index (χ0) is 11.9. The fourth-order valence-electron chi connectivity index (χ4n) is 1.95. The summed E-state index contributed by atoms with van der Waals surface area (Å²) in [4.78, 5) is 8.39. The quantitative estimate of drug-likeness (QED) is 0.806. The van der Waals surface area contributed by atoms with Gasteiger partial charge in [0, 0.05) is 25.2 Å². The van der Waals surface area contributed by atoms with Crippen LogP contribution in [0.2, 0.25) is 0 Å². The van der Waals surface area contributed by atoms with E-state index in [1.807, 2.05) is 13.0 Å². The largest absolute Gasteiger partial charge is 0.463 e. The maximum Gasteiger partial charge on any atom is 0.318 e. The van der Waals surface area contributed by atoms with E-state index in [1.165, 1.54) is 12.8 Å². The predicted octanol–water partition coefficient (Wildman–Crippen LogP) is 1.29. The molecule has 1 aliphatic rings. The van der Waals surface area contributed by atoms with Gasteiger partial charge in [0.25, 0.3) is 0 Å². The van der Waals surface area contributed by atoms with Gasteiger partial charge in [0.15, 0.2) is 0 Å². The van der Waals surface area contributed by atoms with Crippen molar-refractivity contribution in [2.45, 2.75) is 19.8 Å². The zero-order valence-corrected chi connectivity index (χ0v) is 10.3. The van der Waals surface area contributed by atoms with Crippen molar-refractivity contribution in [1.82, 2.24) is 15.3 Å². The Balaban J connectivity index is 1.83. The molecule has 0 bridgehead atoms. The minimum atomic E-state index is 0.467. The van der Waals surface area contributed by atoms with Crippen LogP contribution >= 0.6 is 0 Å². The third-order valence-corrected chi connectivity index (χ3v) is 2.84. The fraction of sp³-hybridized carbons (Fsp3) is 0.667. The highest BCUT2D eigenvalue weighted by Gasteiger charge is 2.14. The molecular formula is C12H20N4O. The van der Waals surface area contributed by atoms with Gasteiger partial charge in [0.2, 0.25) is 0 Å². The summed E-state index contributed by atoms with van der Waals surface area (Å²) in [6.07, 6.45) is 4.17. The summed E-state index contributed by atoms with van der Waals surface area (Å²) in [5, 5.41) is 6.51. The molecular weight excluding hydrogens is 216 g/mol. The van der Waals surface area contributed by atoms with Gasteiger partial charge >= 0.3 is 6.01 Å². The van der Waals surface area contributed by atoms with E-state index >= 15 is 0 Å². The van der Waals surface area contributed by atoms with E-state index < -0.39 is 0 Å². The first-order valence-electron chi connectivity index (χ1n) is 6.29. The van der Waals surface area contributed by atoms with Gasteiger partial charge in [-0.3, -0.25) is 0 Å². The zero-order valence-electron chi connectivity index (χ0n) is 10.3. The molecule has 1 aliphatic heterocycles. The number of rotatable bonds is 5. The van der Waals surface area contributed by atoms with Crippen molar-refractivity contribution in [3.63, 3.8) is 0 Å². The average Bonchev–Trinajstić information content (AvgIpc) is 2.39. The normalized spacial score (nSPS) is 19.9. The molecule has 2 N–H and O–H groups in total. The molecule has 1 atom stereocenters. The maximum atomic E-state index is 5.63. The molecule has 0 spiro atoms. The first-order chi connectivity index (χ1) is 8.38. The number of anilines is 1. The van der Waals surface area contributed by atoms with Gasteiger partial charge in [-0.25, -0.2) is 4.98 Å². The van der Waals surface area contributed by atoms with Crippen LogP contribution in [0.15, 0.2) is 12.3 Å². The second-order valence-corrected chi connectivity index (χ2v) is 4.28. The molecule has 1 aromatic rings. The third-order valence-electron chi connectivity index (χ3n) is 2.84. The number of nitrogens with one attached hydrogen (secondary N) is 2. The number of nitrogens with zero attached hydrogens (tertiary/aromatic N) is 2. The Morgan fingerprint density at radius 2 is 2.53 bits per heavy atom. The van der Waals surface area contributed by atoms with E-state index in [-0.39, 0.29) is 0 Å². The van der Waals surface area contributed by atoms with E-state index in [1.54, 1.807) is 6.20 Å². The molecule has 1 saturated heterocycles. The summed E-state index contributed by atoms with van der Waals surface area (Å²) >= 11 is 0. The lowest BCUT2D eigenvalue weighted by atomic mass is 10.0. The Morgan fingerprint density at radius 3 is 3.29 bits per heavy atom. The molecule has 0 amide bonds. The van der Waals surface area contributed by atoms with Crippen molar-refractivity contribution >= 4 is 5.82 Å². The Kier molecular flexibility index (Phi) is 4.55. The first-order valence-corrected chi connectivity index (χ1v) is 6.29. The number of aromatic nitrogens is 2. The second-order valence-electron chi connectivity index (χ2n) is 4.28. The maximum absolute atomic E-state index is 5.63. The Labute approximate surface area is 102 Å². The monoisotopic (exact) mass is 236 g/mol. The molecule has 0 saturated carbocycles. The first kappa shape index (κ1) is 12.1. The van der Waals surface area contributed by atoms with Crippen LogP contribution in [0.25, 0.3) is 0 Å². The average molecular weight is 236 g/mol. The van der Waals surface area contributed by atoms with Crippen molar-refractivity contribution in [2.24, 2.45) is 5.92 Å². The summed E-state index contributed by atoms with van der Waals surface area (Å²) in [5.41, 5.74) is 0. The summed E-state index contributed by atoms with van der Waals surface area (Å²) in [5.74, 6) is 1.40. The Bertz CT molecular complexity index is 339.